The fourth-order valence-corrected chi connectivity index (χ4v) is 2.33. The van der Waals surface area contributed by atoms with Gasteiger partial charge in [-0.05, 0) is 25.5 Å². The summed E-state index contributed by atoms with van der Waals surface area (Å²) in [4.78, 5) is 25.7. The number of fused-ring (bicyclic) bond motifs is 1. The molecule has 0 fully saturated rings. The molecule has 1 atom stereocenters. The monoisotopic (exact) mass is 290 g/mol. The molecule has 21 heavy (non-hydrogen) atoms. The smallest absolute Gasteiger partial charge is 0.227 e. The van der Waals surface area contributed by atoms with E-state index in [0.29, 0.717) is 13.1 Å². The summed E-state index contributed by atoms with van der Waals surface area (Å²) in [6, 6.07) is 7.50. The Hall–Kier alpha value is -2.04. The molecule has 1 N–H and O–H groups in total. The van der Waals surface area contributed by atoms with Gasteiger partial charge in [0.2, 0.25) is 11.8 Å². The van der Waals surface area contributed by atoms with E-state index in [0.717, 1.165) is 17.9 Å². The molecular weight excluding hydrogens is 268 g/mol. The average molecular weight is 290 g/mol. The first-order valence-corrected chi connectivity index (χ1v) is 7.44. The van der Waals surface area contributed by atoms with Gasteiger partial charge < -0.3 is 15.0 Å². The zero-order valence-electron chi connectivity index (χ0n) is 12.6. The van der Waals surface area contributed by atoms with Gasteiger partial charge in [-0.1, -0.05) is 19.1 Å². The SMILES string of the molecule is CCCNC(=O)CCC(=O)N1CC(C)Oc2ccccc21. The lowest BCUT2D eigenvalue weighted by Crippen LogP contribution is -2.42. The predicted octanol–water partition coefficient (Wildman–Crippen LogP) is 2.11. The van der Waals surface area contributed by atoms with Gasteiger partial charge >= 0.3 is 0 Å². The first-order chi connectivity index (χ1) is 10.1. The highest BCUT2D eigenvalue weighted by Crippen LogP contribution is 2.33. The highest BCUT2D eigenvalue weighted by molar-refractivity contribution is 5.97. The molecule has 0 saturated heterocycles. The molecule has 0 bridgehead atoms. The molecule has 1 aliphatic heterocycles. The first kappa shape index (κ1) is 15.4. The van der Waals surface area contributed by atoms with E-state index in [2.05, 4.69) is 5.32 Å². The normalized spacial score (nSPS) is 16.9. The Bertz CT molecular complexity index is 516. The summed E-state index contributed by atoms with van der Waals surface area (Å²) in [6.45, 7) is 5.11. The molecule has 5 nitrogen and oxygen atoms in total. The van der Waals surface area contributed by atoms with Crippen molar-refractivity contribution in [2.45, 2.75) is 39.2 Å². The molecule has 1 heterocycles. The van der Waals surface area contributed by atoms with Crippen LogP contribution >= 0.6 is 0 Å². The lowest BCUT2D eigenvalue weighted by molar-refractivity contribution is -0.125. The van der Waals surface area contributed by atoms with E-state index in [-0.39, 0.29) is 30.8 Å². The van der Waals surface area contributed by atoms with Crippen molar-refractivity contribution >= 4 is 17.5 Å². The second kappa shape index (κ2) is 7.11. The minimum atomic E-state index is -0.0696. The summed E-state index contributed by atoms with van der Waals surface area (Å²) in [5.41, 5.74) is 0.787. The van der Waals surface area contributed by atoms with Crippen LogP contribution in [0.1, 0.15) is 33.1 Å². The number of carbonyl (C=O) groups is 2. The number of para-hydroxylation sites is 2. The Balaban J connectivity index is 1.98. The molecule has 5 heteroatoms. The van der Waals surface area contributed by atoms with Gasteiger partial charge in [0.15, 0.2) is 0 Å². The maximum atomic E-state index is 12.4. The van der Waals surface area contributed by atoms with E-state index >= 15 is 0 Å². The number of benzene rings is 1. The number of carbonyl (C=O) groups excluding carboxylic acids is 2. The number of amides is 2. The number of rotatable bonds is 5. The van der Waals surface area contributed by atoms with Crippen molar-refractivity contribution in [2.24, 2.45) is 0 Å². The van der Waals surface area contributed by atoms with Gasteiger partial charge in [-0.3, -0.25) is 9.59 Å². The first-order valence-electron chi connectivity index (χ1n) is 7.44. The molecule has 0 saturated carbocycles. The van der Waals surface area contributed by atoms with Crippen molar-refractivity contribution in [3.63, 3.8) is 0 Å². The van der Waals surface area contributed by atoms with Crippen molar-refractivity contribution in [1.29, 1.82) is 0 Å². The van der Waals surface area contributed by atoms with Gasteiger partial charge in [-0.25, -0.2) is 0 Å². The van der Waals surface area contributed by atoms with Gasteiger partial charge in [-0.15, -0.1) is 0 Å². The minimum Gasteiger partial charge on any atom is -0.487 e. The van der Waals surface area contributed by atoms with Crippen molar-refractivity contribution in [3.05, 3.63) is 24.3 Å². The van der Waals surface area contributed by atoms with Crippen LogP contribution in [0.3, 0.4) is 0 Å². The standard InChI is InChI=1S/C16H22N2O3/c1-3-10-17-15(19)8-9-16(20)18-11-12(2)21-14-7-5-4-6-13(14)18/h4-7,12H,3,8-11H2,1-2H3,(H,17,19). The van der Waals surface area contributed by atoms with E-state index in [9.17, 15) is 9.59 Å². The number of nitrogens with zero attached hydrogens (tertiary/aromatic N) is 1. The number of nitrogens with one attached hydrogen (secondary N) is 1. The fraction of sp³-hybridized carbons (Fsp3) is 0.500. The number of hydrogen-bond acceptors (Lipinski definition) is 3. The van der Waals surface area contributed by atoms with E-state index < -0.39 is 0 Å². The quantitative estimate of drug-likeness (QED) is 0.903. The van der Waals surface area contributed by atoms with Gasteiger partial charge in [-0.2, -0.15) is 0 Å². The third-order valence-electron chi connectivity index (χ3n) is 3.36. The van der Waals surface area contributed by atoms with Crippen molar-refractivity contribution in [3.8, 4) is 5.75 Å². The molecule has 114 valence electrons. The summed E-state index contributed by atoms with van der Waals surface area (Å²) in [5, 5.41) is 2.78. The van der Waals surface area contributed by atoms with E-state index in [4.69, 9.17) is 4.74 Å². The third kappa shape index (κ3) is 3.97. The molecule has 1 aromatic carbocycles. The van der Waals surface area contributed by atoms with Crippen LogP contribution in [-0.2, 0) is 9.59 Å². The molecule has 0 spiro atoms. The van der Waals surface area contributed by atoms with Crippen LogP contribution in [-0.4, -0.2) is 31.0 Å². The number of hydrogen-bond donors (Lipinski definition) is 1. The molecule has 2 rings (SSSR count). The molecular formula is C16H22N2O3. The van der Waals surface area contributed by atoms with Crippen LogP contribution in [0.25, 0.3) is 0 Å². The Morgan fingerprint density at radius 2 is 2.10 bits per heavy atom. The average Bonchev–Trinajstić information content (AvgIpc) is 2.49. The fourth-order valence-electron chi connectivity index (χ4n) is 2.33. The highest BCUT2D eigenvalue weighted by atomic mass is 16.5. The highest BCUT2D eigenvalue weighted by Gasteiger charge is 2.27. The van der Waals surface area contributed by atoms with Crippen molar-refractivity contribution < 1.29 is 14.3 Å². The summed E-state index contributed by atoms with van der Waals surface area (Å²) in [7, 11) is 0. The van der Waals surface area contributed by atoms with Gasteiger partial charge in [0.25, 0.3) is 0 Å². The van der Waals surface area contributed by atoms with E-state index in [1.807, 2.05) is 38.1 Å². The molecule has 1 aliphatic rings. The molecule has 0 radical (unpaired) electrons. The Morgan fingerprint density at radius 1 is 1.33 bits per heavy atom. The lowest BCUT2D eigenvalue weighted by atomic mass is 10.1. The molecule has 0 aliphatic carbocycles. The van der Waals surface area contributed by atoms with Crippen molar-refractivity contribution in [1.82, 2.24) is 5.32 Å². The van der Waals surface area contributed by atoms with Gasteiger partial charge in [0, 0.05) is 19.4 Å². The van der Waals surface area contributed by atoms with Crippen LogP contribution in [0.4, 0.5) is 5.69 Å². The second-order valence-corrected chi connectivity index (χ2v) is 5.25. The zero-order chi connectivity index (χ0) is 15.2. The number of anilines is 1. The van der Waals surface area contributed by atoms with Gasteiger partial charge in [0.1, 0.15) is 11.9 Å². The largest absolute Gasteiger partial charge is 0.487 e. The summed E-state index contributed by atoms with van der Waals surface area (Å²) in [5.74, 6) is 0.615. The Labute approximate surface area is 125 Å². The minimum absolute atomic E-state index is 0.0377. The van der Waals surface area contributed by atoms with Crippen LogP contribution in [0.2, 0.25) is 0 Å². The van der Waals surface area contributed by atoms with E-state index in [1.54, 1.807) is 4.90 Å². The maximum absolute atomic E-state index is 12.4. The maximum Gasteiger partial charge on any atom is 0.227 e. The van der Waals surface area contributed by atoms with E-state index in [1.165, 1.54) is 0 Å². The topological polar surface area (TPSA) is 58.6 Å². The van der Waals surface area contributed by atoms with Crippen LogP contribution < -0.4 is 15.0 Å². The lowest BCUT2D eigenvalue weighted by Gasteiger charge is -2.33. The predicted molar refractivity (Wildman–Crippen MR) is 81.4 cm³/mol. The van der Waals surface area contributed by atoms with Gasteiger partial charge in [0.05, 0.1) is 12.2 Å². The zero-order valence-corrected chi connectivity index (χ0v) is 12.6. The molecule has 1 unspecified atom stereocenters. The Morgan fingerprint density at radius 3 is 2.86 bits per heavy atom. The third-order valence-corrected chi connectivity index (χ3v) is 3.36. The summed E-state index contributed by atoms with van der Waals surface area (Å²) in [6.07, 6.45) is 1.30. The number of ether oxygens (including phenoxy) is 1. The summed E-state index contributed by atoms with van der Waals surface area (Å²) < 4.78 is 5.72. The van der Waals surface area contributed by atoms with Crippen LogP contribution in [0.5, 0.6) is 5.75 Å². The molecule has 2 amide bonds. The molecule has 0 aromatic heterocycles. The second-order valence-electron chi connectivity index (χ2n) is 5.25. The van der Waals surface area contributed by atoms with Crippen LogP contribution in [0, 0.1) is 0 Å². The van der Waals surface area contributed by atoms with Crippen molar-refractivity contribution in [2.75, 3.05) is 18.0 Å². The Kier molecular flexibility index (Phi) is 5.20. The summed E-state index contributed by atoms with van der Waals surface area (Å²) >= 11 is 0. The van der Waals surface area contributed by atoms with Crippen LogP contribution in [0.15, 0.2) is 24.3 Å². The molecule has 1 aromatic rings.